The zero-order chi connectivity index (χ0) is 61.9. The maximum Gasteiger partial charge on any atom is 0.217 e. The van der Waals surface area contributed by atoms with Crippen molar-refractivity contribution in [2.75, 3.05) is 46.2 Å². The summed E-state index contributed by atoms with van der Waals surface area (Å²) in [5, 5.41) is 230. The molecule has 7 aliphatic rings. The molecule has 0 aromatic heterocycles. The van der Waals surface area contributed by atoms with E-state index in [4.69, 9.17) is 61.6 Å². The molecule has 7 rings (SSSR count). The van der Waals surface area contributed by atoms with Crippen molar-refractivity contribution in [3.05, 3.63) is 0 Å². The average Bonchev–Trinajstić information content (AvgIpc) is 1.64. The van der Waals surface area contributed by atoms with Crippen molar-refractivity contribution in [2.45, 2.75) is 229 Å². The second kappa shape index (κ2) is 29.9. The average molecular weight is 1240 g/mol. The van der Waals surface area contributed by atoms with E-state index in [1.165, 1.54) is 0 Å². The van der Waals surface area contributed by atoms with Crippen molar-refractivity contribution in [1.29, 1.82) is 0 Å². The van der Waals surface area contributed by atoms with Gasteiger partial charge < -0.3 is 179 Å². The van der Waals surface area contributed by atoms with Gasteiger partial charge in [0.2, 0.25) is 11.8 Å². The minimum Gasteiger partial charge on any atom is -0.394 e. The van der Waals surface area contributed by atoms with Crippen LogP contribution in [0.2, 0.25) is 0 Å². The van der Waals surface area contributed by atoms with Gasteiger partial charge in [0.15, 0.2) is 44.0 Å². The molecule has 0 saturated carbocycles. The molecule has 7 aliphatic heterocycles. The quantitative estimate of drug-likeness (QED) is 0.0507. The summed E-state index contributed by atoms with van der Waals surface area (Å²) in [6.45, 7) is -4.98. The summed E-state index contributed by atoms with van der Waals surface area (Å²) in [5.74, 6) is -1.83. The Kier molecular flexibility index (Phi) is 24.6. The molecule has 0 spiro atoms. The molecule has 488 valence electrons. The third-order valence-electron chi connectivity index (χ3n) is 15.3. The minimum absolute atomic E-state index is 0.887. The van der Waals surface area contributed by atoms with Gasteiger partial charge in [-0.15, -0.1) is 0 Å². The molecule has 84 heavy (non-hydrogen) atoms. The lowest BCUT2D eigenvalue weighted by molar-refractivity contribution is -0.386. The first-order valence-corrected chi connectivity index (χ1v) is 26.6. The fourth-order valence-corrected chi connectivity index (χ4v) is 10.7. The van der Waals surface area contributed by atoms with E-state index < -0.39 is 273 Å². The van der Waals surface area contributed by atoms with Gasteiger partial charge in [0, 0.05) is 13.8 Å². The highest BCUT2D eigenvalue weighted by Crippen LogP contribution is 2.38. The van der Waals surface area contributed by atoms with Crippen molar-refractivity contribution in [3.8, 4) is 0 Å². The molecule has 0 unspecified atom stereocenters. The first-order valence-electron chi connectivity index (χ1n) is 26.6. The molecule has 0 aromatic carbocycles. The van der Waals surface area contributed by atoms with E-state index in [0.717, 1.165) is 13.8 Å². The van der Waals surface area contributed by atoms with Crippen LogP contribution in [0.25, 0.3) is 0 Å². The number of rotatable bonds is 21. The predicted octanol–water partition coefficient (Wildman–Crippen LogP) is -16.0. The van der Waals surface area contributed by atoms with Crippen molar-refractivity contribution in [3.63, 3.8) is 0 Å². The highest BCUT2D eigenvalue weighted by molar-refractivity contribution is 5.73. The number of amides is 2. The van der Waals surface area contributed by atoms with Crippen LogP contribution in [-0.2, 0) is 71.2 Å². The summed E-state index contributed by atoms with van der Waals surface area (Å²) in [7, 11) is 0. The fraction of sp³-hybridized carbons (Fsp3) is 0.957. The van der Waals surface area contributed by atoms with Crippen molar-refractivity contribution >= 4 is 11.8 Å². The van der Waals surface area contributed by atoms with Gasteiger partial charge in [0.1, 0.15) is 171 Å². The Balaban J connectivity index is 1.15. The topological polar surface area (TPSA) is 603 Å². The smallest absolute Gasteiger partial charge is 0.217 e. The highest BCUT2D eigenvalue weighted by Gasteiger charge is 2.59. The summed E-state index contributed by atoms with van der Waals surface area (Å²) in [6, 6.07) is -3.75. The second-order valence-corrected chi connectivity index (χ2v) is 21.1. The van der Waals surface area contributed by atoms with Crippen LogP contribution in [0.3, 0.4) is 0 Å². The van der Waals surface area contributed by atoms with E-state index in [1.807, 2.05) is 0 Å². The van der Waals surface area contributed by atoms with E-state index in [-0.39, 0.29) is 0 Å². The van der Waals surface area contributed by atoms with E-state index in [9.17, 15) is 117 Å². The maximum absolute atomic E-state index is 13.0. The summed E-state index contributed by atoms with van der Waals surface area (Å²) in [4.78, 5) is 25.8. The van der Waals surface area contributed by atoms with Crippen LogP contribution in [0.15, 0.2) is 0 Å². The summed E-state index contributed by atoms with van der Waals surface area (Å²) in [6.07, 6.45) is -64.8. The van der Waals surface area contributed by atoms with Crippen LogP contribution in [0.4, 0.5) is 0 Å². The van der Waals surface area contributed by atoms with Crippen LogP contribution in [0, 0.1) is 0 Å². The molecule has 23 N–H and O–H groups in total. The van der Waals surface area contributed by atoms with Gasteiger partial charge in [-0.05, 0) is 0 Å². The van der Waals surface area contributed by atoms with Crippen LogP contribution in [0.5, 0.6) is 0 Å². The first-order chi connectivity index (χ1) is 39.7. The zero-order valence-electron chi connectivity index (χ0n) is 44.7. The number of nitrogens with one attached hydrogen (secondary N) is 2. The standard InChI is InChI=1S/C46H78N2O36/c1-10(55)47-19-26(62)35(17(8-54)78-41(19)83-38-24(60)15(6-52)77-45(33(38)69)81-36-16(7-53)73-40(71)30(66)29(36)65)80-42-20(48-11(2)56)37(23(59)14(5-51)74-42)82-46-34(70)39(84-44-32(68)28(64)22(58)13(4-50)76-44)25(61)18(79-46)9-72-43-31(67)27(63)21(57)12(3-49)75-43/h12-46,49-54,57-71H,3-9H2,1-2H3,(H,47,55)(H,48,56)/t12-,13-,14-,15-,16-,17-,18-,19-,20-,21+,22+,23+,24-,25+,26-,27+,28+,29-,30-,31-,32-,33+,34-,35-,36-,37-,38+,39+,40+,41+,42+,43+,44+,45+,46-/m1/s1. The molecule has 0 bridgehead atoms. The molecule has 38 nitrogen and oxygen atoms in total. The number of carbonyl (C=O) groups is 2. The molecule has 38 heteroatoms. The van der Waals surface area contributed by atoms with Crippen molar-refractivity contribution in [1.82, 2.24) is 10.6 Å². The Morgan fingerprint density at radius 1 is 0.310 bits per heavy atom. The summed E-state index contributed by atoms with van der Waals surface area (Å²) in [5.41, 5.74) is 0. The van der Waals surface area contributed by atoms with Gasteiger partial charge in [-0.3, -0.25) is 9.59 Å². The lowest BCUT2D eigenvalue weighted by atomic mass is 9.93. The Hall–Kier alpha value is -2.42. The van der Waals surface area contributed by atoms with Crippen LogP contribution < -0.4 is 10.6 Å². The van der Waals surface area contributed by atoms with Gasteiger partial charge in [-0.2, -0.15) is 0 Å². The van der Waals surface area contributed by atoms with E-state index >= 15 is 0 Å². The minimum atomic E-state index is -2.33. The van der Waals surface area contributed by atoms with E-state index in [2.05, 4.69) is 10.6 Å². The normalized spacial score (nSPS) is 50.3. The monoisotopic (exact) mass is 1230 g/mol. The van der Waals surface area contributed by atoms with Gasteiger partial charge in [-0.1, -0.05) is 0 Å². The molecule has 35 atom stereocenters. The zero-order valence-corrected chi connectivity index (χ0v) is 44.7. The van der Waals surface area contributed by atoms with Crippen LogP contribution in [-0.4, -0.2) is 380 Å². The maximum atomic E-state index is 13.0. The molecule has 2 amide bonds. The first kappa shape index (κ1) is 69.1. The van der Waals surface area contributed by atoms with Gasteiger partial charge in [0.25, 0.3) is 0 Å². The number of aliphatic hydroxyl groups is 21. The van der Waals surface area contributed by atoms with E-state index in [0.29, 0.717) is 0 Å². The number of hydrogen-bond acceptors (Lipinski definition) is 36. The molecule has 7 heterocycles. The van der Waals surface area contributed by atoms with Gasteiger partial charge in [0.05, 0.1) is 46.2 Å². The Morgan fingerprint density at radius 3 is 1.15 bits per heavy atom. The second-order valence-electron chi connectivity index (χ2n) is 21.1. The van der Waals surface area contributed by atoms with Crippen molar-refractivity contribution < 1.29 is 178 Å². The predicted molar refractivity (Wildman–Crippen MR) is 255 cm³/mol. The third-order valence-corrected chi connectivity index (χ3v) is 15.3. The summed E-state index contributed by atoms with van der Waals surface area (Å²) < 4.78 is 74.5. The lowest BCUT2D eigenvalue weighted by Gasteiger charge is -2.51. The molecular weight excluding hydrogens is 1160 g/mol. The van der Waals surface area contributed by atoms with Crippen LogP contribution in [0.1, 0.15) is 13.8 Å². The Morgan fingerprint density at radius 2 is 0.643 bits per heavy atom. The molecule has 0 aromatic rings. The van der Waals surface area contributed by atoms with Gasteiger partial charge >= 0.3 is 0 Å². The summed E-state index contributed by atoms with van der Waals surface area (Å²) >= 11 is 0. The number of aliphatic hydroxyl groups excluding tert-OH is 21. The third kappa shape index (κ3) is 14.7. The van der Waals surface area contributed by atoms with Crippen LogP contribution >= 0.6 is 0 Å². The Labute approximate surface area is 475 Å². The SMILES string of the molecule is CC(=O)N[C@H]1[C@H](O[C@@H]2[C@H](O)[C@H](O[C@H]3[C@H](O)[C@@H](O)[C@@H](O)O[C@@H]3CO)O[C@H](CO)[C@H]2O)O[C@H](CO)[C@@H](O[C@@H]2O[C@H](CO)[C@H](O)[C@H](O[C@H]3O[C@H](CO[C@H]4O[C@H](CO)[C@H](O)[C@H](O)[C@H]4O)[C@H](O)[C@H](O[C@@H]4O[C@H](CO)[C@H](O)[C@H](O)[C@H]4O)[C@H]3O)[C@H]2NC(C)=O)[C@@H]1O. The van der Waals surface area contributed by atoms with Crippen molar-refractivity contribution in [2.24, 2.45) is 0 Å². The molecule has 7 fully saturated rings. The molecule has 7 saturated heterocycles. The molecular formula is C46H78N2O36. The largest absolute Gasteiger partial charge is 0.394 e. The number of carbonyl (C=O) groups excluding carboxylic acids is 2. The highest BCUT2D eigenvalue weighted by atomic mass is 16.8. The fourth-order valence-electron chi connectivity index (χ4n) is 10.7. The van der Waals surface area contributed by atoms with E-state index in [1.54, 1.807) is 0 Å². The molecule has 0 aliphatic carbocycles. The molecule has 0 radical (unpaired) electrons. The van der Waals surface area contributed by atoms with Gasteiger partial charge in [-0.25, -0.2) is 0 Å². The number of hydrogen-bond donors (Lipinski definition) is 23. The lowest BCUT2D eigenvalue weighted by Crippen LogP contribution is -2.71. The Bertz CT molecular complexity index is 2060. The number of ether oxygens (including phenoxy) is 13.